The maximum atomic E-state index is 12.3. The molecule has 1 heterocycles. The van der Waals surface area contributed by atoms with E-state index in [2.05, 4.69) is 16.0 Å². The highest BCUT2D eigenvalue weighted by Gasteiger charge is 2.21. The Kier molecular flexibility index (Phi) is 7.59. The highest BCUT2D eigenvalue weighted by Crippen LogP contribution is 2.21. The van der Waals surface area contributed by atoms with Gasteiger partial charge in [-0.2, -0.15) is 0 Å². The van der Waals surface area contributed by atoms with Crippen LogP contribution in [0.3, 0.4) is 0 Å². The summed E-state index contributed by atoms with van der Waals surface area (Å²) < 4.78 is 0. The minimum Gasteiger partial charge on any atom is -0.350 e. The maximum absolute atomic E-state index is 12.3. The monoisotopic (exact) mass is 436 g/mol. The molecule has 1 saturated heterocycles. The van der Waals surface area contributed by atoms with Gasteiger partial charge in [0, 0.05) is 42.4 Å². The summed E-state index contributed by atoms with van der Waals surface area (Å²) in [6.07, 6.45) is 1.39. The van der Waals surface area contributed by atoms with Gasteiger partial charge in [0.25, 0.3) is 5.91 Å². The summed E-state index contributed by atoms with van der Waals surface area (Å²) in [6.45, 7) is 4.44. The molecular weight excluding hydrogens is 408 g/mol. The van der Waals surface area contributed by atoms with E-state index in [1.165, 1.54) is 0 Å². The SMILES string of the molecule is CC(C)C(=O)Nc1cccc(CNC(=O)CNC(=O)c2ccc(N3CCCC3=O)cc2)c1. The number of amides is 4. The third-order valence-corrected chi connectivity index (χ3v) is 5.13. The van der Waals surface area contributed by atoms with Crippen LogP contribution in [0.25, 0.3) is 0 Å². The van der Waals surface area contributed by atoms with Crippen LogP contribution in [0, 0.1) is 5.92 Å². The lowest BCUT2D eigenvalue weighted by atomic mass is 10.1. The normalized spacial score (nSPS) is 13.2. The van der Waals surface area contributed by atoms with E-state index in [0.717, 1.165) is 17.7 Å². The summed E-state index contributed by atoms with van der Waals surface area (Å²) in [5, 5.41) is 8.17. The molecule has 3 rings (SSSR count). The first-order valence-electron chi connectivity index (χ1n) is 10.7. The zero-order chi connectivity index (χ0) is 23.1. The zero-order valence-corrected chi connectivity index (χ0v) is 18.3. The van der Waals surface area contributed by atoms with E-state index in [4.69, 9.17) is 0 Å². The van der Waals surface area contributed by atoms with Gasteiger partial charge in [0.05, 0.1) is 6.54 Å². The Morgan fingerprint density at radius 2 is 1.78 bits per heavy atom. The highest BCUT2D eigenvalue weighted by molar-refractivity contribution is 5.98. The summed E-state index contributed by atoms with van der Waals surface area (Å²) in [5.74, 6) is -0.798. The van der Waals surface area contributed by atoms with Crippen molar-refractivity contribution in [3.8, 4) is 0 Å². The van der Waals surface area contributed by atoms with Crippen LogP contribution in [0.5, 0.6) is 0 Å². The van der Waals surface area contributed by atoms with Gasteiger partial charge in [-0.05, 0) is 48.4 Å². The summed E-state index contributed by atoms with van der Waals surface area (Å²) in [5.41, 5.74) is 2.69. The van der Waals surface area contributed by atoms with Crippen molar-refractivity contribution in [2.75, 3.05) is 23.3 Å². The molecule has 0 atom stereocenters. The van der Waals surface area contributed by atoms with E-state index < -0.39 is 0 Å². The van der Waals surface area contributed by atoms with Gasteiger partial charge in [0.15, 0.2) is 0 Å². The Labute approximate surface area is 187 Å². The van der Waals surface area contributed by atoms with Gasteiger partial charge in [-0.3, -0.25) is 19.2 Å². The van der Waals surface area contributed by atoms with Crippen molar-refractivity contribution in [3.05, 3.63) is 59.7 Å². The number of nitrogens with one attached hydrogen (secondary N) is 3. The van der Waals surface area contributed by atoms with E-state index in [1.54, 1.807) is 47.4 Å². The first-order valence-corrected chi connectivity index (χ1v) is 10.7. The van der Waals surface area contributed by atoms with Crippen LogP contribution in [-0.4, -0.2) is 36.7 Å². The number of benzene rings is 2. The number of hydrogen-bond donors (Lipinski definition) is 3. The van der Waals surface area contributed by atoms with E-state index in [1.807, 2.05) is 19.9 Å². The fourth-order valence-corrected chi connectivity index (χ4v) is 3.29. The van der Waals surface area contributed by atoms with Gasteiger partial charge < -0.3 is 20.9 Å². The summed E-state index contributed by atoms with van der Waals surface area (Å²) in [7, 11) is 0. The lowest BCUT2D eigenvalue weighted by molar-refractivity contribution is -0.120. The van der Waals surface area contributed by atoms with Crippen LogP contribution in [-0.2, 0) is 20.9 Å². The number of anilines is 2. The van der Waals surface area contributed by atoms with E-state index in [9.17, 15) is 19.2 Å². The van der Waals surface area contributed by atoms with Gasteiger partial charge in [-0.1, -0.05) is 26.0 Å². The van der Waals surface area contributed by atoms with E-state index >= 15 is 0 Å². The number of hydrogen-bond acceptors (Lipinski definition) is 4. The van der Waals surface area contributed by atoms with Crippen molar-refractivity contribution >= 4 is 35.0 Å². The molecule has 8 heteroatoms. The first kappa shape index (κ1) is 23.0. The predicted molar refractivity (Wildman–Crippen MR) is 122 cm³/mol. The zero-order valence-electron chi connectivity index (χ0n) is 18.3. The molecule has 1 fully saturated rings. The van der Waals surface area contributed by atoms with Crippen LogP contribution in [0.1, 0.15) is 42.6 Å². The second-order valence-corrected chi connectivity index (χ2v) is 8.00. The second kappa shape index (κ2) is 10.6. The molecule has 0 radical (unpaired) electrons. The third kappa shape index (κ3) is 6.16. The van der Waals surface area contributed by atoms with Crippen molar-refractivity contribution in [3.63, 3.8) is 0 Å². The van der Waals surface area contributed by atoms with Crippen LogP contribution >= 0.6 is 0 Å². The van der Waals surface area contributed by atoms with Crippen molar-refractivity contribution in [2.45, 2.75) is 33.2 Å². The van der Waals surface area contributed by atoms with Crippen LogP contribution in [0.4, 0.5) is 11.4 Å². The molecule has 0 bridgehead atoms. The quantitative estimate of drug-likeness (QED) is 0.591. The molecule has 0 unspecified atom stereocenters. The van der Waals surface area contributed by atoms with Crippen molar-refractivity contribution < 1.29 is 19.2 Å². The van der Waals surface area contributed by atoms with E-state index in [-0.39, 0.29) is 42.6 Å². The molecule has 8 nitrogen and oxygen atoms in total. The van der Waals surface area contributed by atoms with Gasteiger partial charge in [0.2, 0.25) is 17.7 Å². The lowest BCUT2D eigenvalue weighted by Gasteiger charge is -2.15. The molecule has 168 valence electrons. The minimum atomic E-state index is -0.363. The third-order valence-electron chi connectivity index (χ3n) is 5.13. The van der Waals surface area contributed by atoms with Gasteiger partial charge in [-0.15, -0.1) is 0 Å². The van der Waals surface area contributed by atoms with Crippen molar-refractivity contribution in [1.29, 1.82) is 0 Å². The number of rotatable bonds is 8. The molecule has 1 aliphatic heterocycles. The smallest absolute Gasteiger partial charge is 0.251 e. The van der Waals surface area contributed by atoms with Gasteiger partial charge in [0.1, 0.15) is 0 Å². The topological polar surface area (TPSA) is 108 Å². The highest BCUT2D eigenvalue weighted by atomic mass is 16.2. The van der Waals surface area contributed by atoms with Gasteiger partial charge >= 0.3 is 0 Å². The molecule has 1 aliphatic rings. The first-order chi connectivity index (χ1) is 15.3. The molecule has 2 aromatic rings. The fraction of sp³-hybridized carbons (Fsp3) is 0.333. The Bertz CT molecular complexity index is 1000. The molecular formula is C24H28N4O4. The molecule has 4 amide bonds. The molecule has 2 aromatic carbocycles. The Balaban J connectivity index is 1.45. The summed E-state index contributed by atoms with van der Waals surface area (Å²) >= 11 is 0. The standard InChI is InChI=1S/C24H28N4O4/c1-16(2)23(31)27-19-6-3-5-17(13-19)14-25-21(29)15-26-24(32)18-8-10-20(11-9-18)28-12-4-7-22(28)30/h3,5-6,8-11,13,16H,4,7,12,14-15H2,1-2H3,(H,25,29)(H,26,32)(H,27,31). The molecule has 0 aromatic heterocycles. The molecule has 32 heavy (non-hydrogen) atoms. The van der Waals surface area contributed by atoms with Crippen LogP contribution < -0.4 is 20.9 Å². The van der Waals surface area contributed by atoms with Crippen molar-refractivity contribution in [2.24, 2.45) is 5.92 Å². The maximum Gasteiger partial charge on any atom is 0.251 e. The molecule has 0 spiro atoms. The number of carbonyl (C=O) groups is 4. The van der Waals surface area contributed by atoms with E-state index in [0.29, 0.717) is 24.2 Å². The second-order valence-electron chi connectivity index (χ2n) is 8.00. The summed E-state index contributed by atoms with van der Waals surface area (Å²) in [4.78, 5) is 49.8. The molecule has 0 aliphatic carbocycles. The number of carbonyl (C=O) groups excluding carboxylic acids is 4. The Morgan fingerprint density at radius 3 is 2.44 bits per heavy atom. The van der Waals surface area contributed by atoms with Crippen molar-refractivity contribution in [1.82, 2.24) is 10.6 Å². The largest absolute Gasteiger partial charge is 0.350 e. The molecule has 0 saturated carbocycles. The lowest BCUT2D eigenvalue weighted by Crippen LogP contribution is -2.36. The average Bonchev–Trinajstić information content (AvgIpc) is 3.22. The predicted octanol–water partition coefficient (Wildman–Crippen LogP) is 2.45. The summed E-state index contributed by atoms with van der Waals surface area (Å²) in [6, 6.07) is 14.0. The fourth-order valence-electron chi connectivity index (χ4n) is 3.29. The molecule has 3 N–H and O–H groups in total. The van der Waals surface area contributed by atoms with Crippen LogP contribution in [0.15, 0.2) is 48.5 Å². The Hall–Kier alpha value is -3.68. The van der Waals surface area contributed by atoms with Crippen LogP contribution in [0.2, 0.25) is 0 Å². The minimum absolute atomic E-state index is 0.0750. The number of nitrogens with zero attached hydrogens (tertiary/aromatic N) is 1. The van der Waals surface area contributed by atoms with Gasteiger partial charge in [-0.25, -0.2) is 0 Å². The Morgan fingerprint density at radius 1 is 1.03 bits per heavy atom. The average molecular weight is 437 g/mol.